The van der Waals surface area contributed by atoms with Gasteiger partial charge >= 0.3 is 0 Å². The molecule has 23 heavy (non-hydrogen) atoms. The third-order valence-electron chi connectivity index (χ3n) is 4.42. The van der Waals surface area contributed by atoms with Crippen molar-refractivity contribution in [3.05, 3.63) is 27.5 Å². The average molecular weight is 386 g/mol. The normalized spacial score (nSPS) is 26.4. The van der Waals surface area contributed by atoms with Crippen molar-refractivity contribution in [3.63, 3.8) is 0 Å². The first-order valence-electron chi connectivity index (χ1n) is 7.59. The van der Waals surface area contributed by atoms with Gasteiger partial charge in [0.1, 0.15) is 4.34 Å². The number of rotatable bonds is 4. The summed E-state index contributed by atoms with van der Waals surface area (Å²) in [5.74, 6) is 0.702. The van der Waals surface area contributed by atoms with Crippen molar-refractivity contribution in [2.75, 3.05) is 19.6 Å². The minimum absolute atomic E-state index is 0.0535. The van der Waals surface area contributed by atoms with E-state index in [-0.39, 0.29) is 5.91 Å². The molecule has 3 aliphatic rings. The molecule has 0 radical (unpaired) electrons. The molecule has 2 bridgehead atoms. The molecule has 0 aliphatic carbocycles. The number of carbonyl (C=O) groups excluding carboxylic acids is 1. The number of nitrogens with one attached hydrogen (secondary N) is 1. The number of hydrogen-bond acceptors (Lipinski definition) is 6. The Labute approximate surface area is 152 Å². The zero-order chi connectivity index (χ0) is 15.8. The van der Waals surface area contributed by atoms with Crippen LogP contribution >= 0.6 is 46.0 Å². The van der Waals surface area contributed by atoms with Crippen molar-refractivity contribution < 1.29 is 4.79 Å². The zero-order valence-electron chi connectivity index (χ0n) is 12.3. The third kappa shape index (κ3) is 3.58. The van der Waals surface area contributed by atoms with Crippen molar-refractivity contribution in [1.82, 2.24) is 15.2 Å². The molecule has 0 unspecified atom stereocenters. The van der Waals surface area contributed by atoms with Gasteiger partial charge in [-0.25, -0.2) is 4.98 Å². The van der Waals surface area contributed by atoms with Crippen LogP contribution in [0.25, 0.3) is 0 Å². The number of halogens is 1. The van der Waals surface area contributed by atoms with Gasteiger partial charge in [0.2, 0.25) is 0 Å². The van der Waals surface area contributed by atoms with Crippen LogP contribution in [0.5, 0.6) is 0 Å². The summed E-state index contributed by atoms with van der Waals surface area (Å²) in [5, 5.41) is 3.23. The molecule has 3 aliphatic heterocycles. The molecule has 1 N–H and O–H groups in total. The van der Waals surface area contributed by atoms with Crippen molar-refractivity contribution in [2.45, 2.75) is 27.4 Å². The van der Waals surface area contributed by atoms with E-state index in [0.29, 0.717) is 16.3 Å². The summed E-state index contributed by atoms with van der Waals surface area (Å²) in [4.78, 5) is 20.0. The van der Waals surface area contributed by atoms with Gasteiger partial charge in [-0.3, -0.25) is 4.79 Å². The molecule has 1 atom stereocenters. The number of thiazole rings is 1. The number of amides is 1. The van der Waals surface area contributed by atoms with Gasteiger partial charge in [0.15, 0.2) is 4.34 Å². The molecule has 5 heterocycles. The van der Waals surface area contributed by atoms with Crippen molar-refractivity contribution in [2.24, 2.45) is 5.92 Å². The molecule has 0 aromatic carbocycles. The molecule has 5 rings (SSSR count). The Morgan fingerprint density at radius 1 is 1.35 bits per heavy atom. The molecule has 8 heteroatoms. The smallest absolute Gasteiger partial charge is 0.261 e. The van der Waals surface area contributed by atoms with Gasteiger partial charge in [-0.1, -0.05) is 22.9 Å². The highest BCUT2D eigenvalue weighted by atomic mass is 35.5. The number of fused-ring (bicyclic) bond motifs is 3. The summed E-state index contributed by atoms with van der Waals surface area (Å²) < 4.78 is 2.65. The van der Waals surface area contributed by atoms with E-state index in [4.69, 9.17) is 11.6 Å². The highest BCUT2D eigenvalue weighted by Gasteiger charge is 2.35. The lowest BCUT2D eigenvalue weighted by Crippen LogP contribution is -2.57. The second-order valence-electron chi connectivity index (χ2n) is 5.87. The fourth-order valence-corrected chi connectivity index (χ4v) is 6.61. The molecule has 3 saturated heterocycles. The van der Waals surface area contributed by atoms with E-state index in [1.807, 2.05) is 12.1 Å². The second kappa shape index (κ2) is 6.72. The van der Waals surface area contributed by atoms with Crippen LogP contribution in [0.4, 0.5) is 0 Å². The molecule has 2 aromatic rings. The van der Waals surface area contributed by atoms with Crippen LogP contribution in [-0.4, -0.2) is 41.5 Å². The Morgan fingerprint density at radius 3 is 2.83 bits per heavy atom. The van der Waals surface area contributed by atoms with Gasteiger partial charge in [-0.2, -0.15) is 0 Å². The summed E-state index contributed by atoms with van der Waals surface area (Å²) >= 11 is 10.4. The predicted octanol–water partition coefficient (Wildman–Crippen LogP) is 3.83. The van der Waals surface area contributed by atoms with E-state index < -0.39 is 0 Å². The van der Waals surface area contributed by atoms with E-state index in [0.717, 1.165) is 20.0 Å². The quantitative estimate of drug-likeness (QED) is 0.868. The highest BCUT2D eigenvalue weighted by molar-refractivity contribution is 8.02. The van der Waals surface area contributed by atoms with Crippen LogP contribution in [0.15, 0.2) is 26.9 Å². The Balaban J connectivity index is 1.39. The van der Waals surface area contributed by atoms with E-state index >= 15 is 0 Å². The van der Waals surface area contributed by atoms with Gasteiger partial charge in [0, 0.05) is 12.6 Å². The number of nitrogens with zero attached hydrogens (tertiary/aromatic N) is 2. The molecule has 0 spiro atoms. The lowest BCUT2D eigenvalue weighted by Gasteiger charge is -2.44. The maximum Gasteiger partial charge on any atom is 0.261 e. The fraction of sp³-hybridized carbons (Fsp3) is 0.467. The molecule has 3 fully saturated rings. The Morgan fingerprint density at radius 2 is 2.17 bits per heavy atom. The van der Waals surface area contributed by atoms with Gasteiger partial charge in [-0.15, -0.1) is 11.3 Å². The van der Waals surface area contributed by atoms with Gasteiger partial charge in [0.25, 0.3) is 5.91 Å². The maximum absolute atomic E-state index is 12.5. The summed E-state index contributed by atoms with van der Waals surface area (Å²) in [5.41, 5.74) is 0. The molecular weight excluding hydrogens is 370 g/mol. The number of carbonyl (C=O) groups is 1. The first-order valence-corrected chi connectivity index (χ1v) is 10.4. The van der Waals surface area contributed by atoms with Crippen LogP contribution in [0.1, 0.15) is 22.5 Å². The number of thiophene rings is 1. The van der Waals surface area contributed by atoms with E-state index in [1.165, 1.54) is 48.6 Å². The topological polar surface area (TPSA) is 45.2 Å². The van der Waals surface area contributed by atoms with Crippen molar-refractivity contribution in [1.29, 1.82) is 0 Å². The van der Waals surface area contributed by atoms with Crippen LogP contribution < -0.4 is 5.32 Å². The van der Waals surface area contributed by atoms with Crippen LogP contribution in [0.2, 0.25) is 4.34 Å². The largest absolute Gasteiger partial charge is 0.347 e. The minimum Gasteiger partial charge on any atom is -0.347 e. The molecule has 2 aromatic heterocycles. The molecule has 0 saturated carbocycles. The van der Waals surface area contributed by atoms with Gasteiger partial charge < -0.3 is 10.2 Å². The number of hydrogen-bond donors (Lipinski definition) is 1. The molecule has 122 valence electrons. The zero-order valence-corrected chi connectivity index (χ0v) is 15.5. The summed E-state index contributed by atoms with van der Waals surface area (Å²) in [6, 6.07) is 4.19. The SMILES string of the molecule is O=C(N[C@H]1CN2CCC1CC2)c1ccc(Sc2ncc(Cl)s2)s1. The number of piperidine rings is 3. The minimum atomic E-state index is 0.0535. The first-order chi connectivity index (χ1) is 11.2. The first kappa shape index (κ1) is 15.9. The van der Waals surface area contributed by atoms with Crippen LogP contribution in [0, 0.1) is 5.92 Å². The Hall–Kier alpha value is -0.600. The monoisotopic (exact) mass is 385 g/mol. The molecule has 1 amide bonds. The summed E-state index contributed by atoms with van der Waals surface area (Å²) in [6.07, 6.45) is 4.08. The second-order valence-corrected chi connectivity index (χ2v) is 10.2. The third-order valence-corrected chi connectivity index (χ3v) is 7.83. The van der Waals surface area contributed by atoms with E-state index in [9.17, 15) is 4.79 Å². The fourth-order valence-electron chi connectivity index (χ4n) is 3.24. The summed E-state index contributed by atoms with van der Waals surface area (Å²) in [6.45, 7) is 3.38. The Kier molecular flexibility index (Phi) is 4.65. The maximum atomic E-state index is 12.5. The van der Waals surface area contributed by atoms with Crippen molar-refractivity contribution >= 4 is 51.9 Å². The van der Waals surface area contributed by atoms with E-state index in [1.54, 1.807) is 18.0 Å². The lowest BCUT2D eigenvalue weighted by atomic mass is 9.84. The van der Waals surface area contributed by atoms with Crippen LogP contribution in [0.3, 0.4) is 0 Å². The highest BCUT2D eigenvalue weighted by Crippen LogP contribution is 2.37. The van der Waals surface area contributed by atoms with E-state index in [2.05, 4.69) is 15.2 Å². The molecule has 4 nitrogen and oxygen atoms in total. The summed E-state index contributed by atoms with van der Waals surface area (Å²) in [7, 11) is 0. The number of aromatic nitrogens is 1. The van der Waals surface area contributed by atoms with Gasteiger partial charge in [0.05, 0.1) is 15.3 Å². The van der Waals surface area contributed by atoms with Crippen molar-refractivity contribution in [3.8, 4) is 0 Å². The lowest BCUT2D eigenvalue weighted by molar-refractivity contribution is 0.0622. The standard InChI is InChI=1S/C15H16ClN3OS3/c16-12-7-17-15(22-12)23-13-2-1-11(21-13)14(20)18-10-8-19-5-3-9(10)4-6-19/h1-2,7,9-10H,3-6,8H2,(H,18,20)/t10-/m0/s1. The van der Waals surface area contributed by atoms with Crippen LogP contribution in [-0.2, 0) is 0 Å². The molecular formula is C15H16ClN3OS3. The average Bonchev–Trinajstić information content (AvgIpc) is 3.18. The Bertz CT molecular complexity index is 708. The predicted molar refractivity (Wildman–Crippen MR) is 96.0 cm³/mol. The van der Waals surface area contributed by atoms with Gasteiger partial charge in [-0.05, 0) is 55.7 Å².